The summed E-state index contributed by atoms with van der Waals surface area (Å²) in [6.07, 6.45) is 0. The van der Waals surface area contributed by atoms with Crippen LogP contribution in [0.15, 0.2) is 23.1 Å². The van der Waals surface area contributed by atoms with Gasteiger partial charge in [0.15, 0.2) is 11.5 Å². The first kappa shape index (κ1) is 22.4. The minimum Gasteiger partial charge on any atom is -0.490 e. The Morgan fingerprint density at radius 2 is 1.79 bits per heavy atom. The van der Waals surface area contributed by atoms with E-state index in [9.17, 15) is 13.2 Å². The van der Waals surface area contributed by atoms with Gasteiger partial charge in [0, 0.05) is 19.2 Å². The third-order valence-electron chi connectivity index (χ3n) is 2.71. The lowest BCUT2D eigenvalue weighted by atomic mass is 10.3. The van der Waals surface area contributed by atoms with Crippen LogP contribution in [-0.4, -0.2) is 47.2 Å². The van der Waals surface area contributed by atoms with E-state index in [1.807, 2.05) is 6.92 Å². The highest BCUT2D eigenvalue weighted by Crippen LogP contribution is 2.30. The Kier molecular flexibility index (Phi) is 10.4. The number of carbonyl (C=O) groups is 1. The molecule has 8 nitrogen and oxygen atoms in total. The predicted octanol–water partition coefficient (Wildman–Crippen LogP) is 0.259. The number of hydrogen-bond donors (Lipinski definition) is 3. The molecule has 1 aromatic rings. The van der Waals surface area contributed by atoms with Gasteiger partial charge in [0.2, 0.25) is 15.9 Å². The Hall–Kier alpha value is -1.55. The Morgan fingerprint density at radius 3 is 2.38 bits per heavy atom. The molecule has 0 fully saturated rings. The molecule has 0 radical (unpaired) electrons. The maximum Gasteiger partial charge on any atom is 0.241 e. The number of amides is 1. The fourth-order valence-corrected chi connectivity index (χ4v) is 2.71. The molecule has 0 bridgehead atoms. The van der Waals surface area contributed by atoms with Crippen molar-refractivity contribution < 1.29 is 22.7 Å². The van der Waals surface area contributed by atoms with Crippen LogP contribution in [0.1, 0.15) is 13.8 Å². The highest BCUT2D eigenvalue weighted by atomic mass is 35.5. The molecule has 0 saturated heterocycles. The summed E-state index contributed by atoms with van der Waals surface area (Å²) in [6.45, 7) is 4.63. The van der Waals surface area contributed by atoms with Gasteiger partial charge < -0.3 is 20.5 Å². The predicted molar refractivity (Wildman–Crippen MR) is 93.3 cm³/mol. The Morgan fingerprint density at radius 1 is 1.17 bits per heavy atom. The largest absolute Gasteiger partial charge is 0.490 e. The average Bonchev–Trinajstić information content (AvgIpc) is 2.53. The van der Waals surface area contributed by atoms with E-state index in [0.29, 0.717) is 24.7 Å². The van der Waals surface area contributed by atoms with Crippen molar-refractivity contribution in [2.24, 2.45) is 5.73 Å². The minimum atomic E-state index is -3.83. The second-order valence-electron chi connectivity index (χ2n) is 4.44. The zero-order chi connectivity index (χ0) is 17.3. The summed E-state index contributed by atoms with van der Waals surface area (Å²) in [5, 5.41) is 2.48. The van der Waals surface area contributed by atoms with Gasteiger partial charge in [0.05, 0.1) is 24.7 Å². The molecular formula is C14H24ClN3O5S. The van der Waals surface area contributed by atoms with Crippen LogP contribution < -0.4 is 25.2 Å². The van der Waals surface area contributed by atoms with Gasteiger partial charge in [0.25, 0.3) is 0 Å². The van der Waals surface area contributed by atoms with Crippen LogP contribution in [0.5, 0.6) is 11.5 Å². The Bertz CT molecular complexity index is 625. The molecule has 0 heterocycles. The third kappa shape index (κ3) is 6.91. The molecule has 0 spiro atoms. The fraction of sp³-hybridized carbons (Fsp3) is 0.500. The van der Waals surface area contributed by atoms with Crippen molar-refractivity contribution in [3.63, 3.8) is 0 Å². The molecule has 138 valence electrons. The summed E-state index contributed by atoms with van der Waals surface area (Å²) in [4.78, 5) is 11.4. The minimum absolute atomic E-state index is 0. The van der Waals surface area contributed by atoms with E-state index in [0.717, 1.165) is 0 Å². The molecule has 0 saturated carbocycles. The maximum atomic E-state index is 12.2. The molecule has 0 unspecified atom stereocenters. The molecule has 1 amide bonds. The molecule has 1 rings (SSSR count). The number of halogens is 1. The monoisotopic (exact) mass is 381 g/mol. The van der Waals surface area contributed by atoms with Crippen LogP contribution in [-0.2, 0) is 14.8 Å². The van der Waals surface area contributed by atoms with Gasteiger partial charge in [-0.3, -0.25) is 4.79 Å². The Labute approximate surface area is 148 Å². The van der Waals surface area contributed by atoms with Gasteiger partial charge in [-0.2, -0.15) is 0 Å². The number of nitrogens with one attached hydrogen (secondary N) is 2. The number of benzene rings is 1. The second kappa shape index (κ2) is 11.1. The number of ether oxygens (including phenoxy) is 2. The molecule has 0 aliphatic rings. The summed E-state index contributed by atoms with van der Waals surface area (Å²) >= 11 is 0. The van der Waals surface area contributed by atoms with E-state index in [2.05, 4.69) is 10.0 Å². The number of carbonyl (C=O) groups excluding carboxylic acids is 1. The van der Waals surface area contributed by atoms with Crippen LogP contribution >= 0.6 is 12.4 Å². The Balaban J connectivity index is 0.00000529. The number of sulfonamides is 1. The van der Waals surface area contributed by atoms with E-state index in [1.165, 1.54) is 18.2 Å². The van der Waals surface area contributed by atoms with Crippen molar-refractivity contribution in [2.75, 3.05) is 32.8 Å². The molecule has 4 N–H and O–H groups in total. The lowest BCUT2D eigenvalue weighted by molar-refractivity contribution is -0.119. The van der Waals surface area contributed by atoms with Gasteiger partial charge in [-0.05, 0) is 26.0 Å². The molecule has 0 atom stereocenters. The molecule has 24 heavy (non-hydrogen) atoms. The first-order chi connectivity index (χ1) is 10.9. The van der Waals surface area contributed by atoms with Crippen LogP contribution in [0.3, 0.4) is 0 Å². The van der Waals surface area contributed by atoms with E-state index in [-0.39, 0.29) is 36.9 Å². The molecular weight excluding hydrogens is 358 g/mol. The highest BCUT2D eigenvalue weighted by Gasteiger charge is 2.18. The lowest BCUT2D eigenvalue weighted by Crippen LogP contribution is -2.38. The van der Waals surface area contributed by atoms with Crippen LogP contribution in [0, 0.1) is 0 Å². The van der Waals surface area contributed by atoms with Crippen molar-refractivity contribution in [2.45, 2.75) is 18.7 Å². The van der Waals surface area contributed by atoms with Crippen molar-refractivity contribution in [1.82, 2.24) is 10.0 Å². The summed E-state index contributed by atoms with van der Waals surface area (Å²) in [5.74, 6) is 0.355. The molecule has 0 aliphatic carbocycles. The number of hydrogen-bond acceptors (Lipinski definition) is 6. The standard InChI is InChI=1S/C14H23N3O5S.ClH/c1-3-21-12-6-5-11(9-13(12)22-4-2)23(19,20)17-10-14(18)16-8-7-15;/h5-6,9,17H,3-4,7-8,10,15H2,1-2H3,(H,16,18);1H. The SMILES string of the molecule is CCOc1ccc(S(=O)(=O)NCC(=O)NCCN)cc1OCC.Cl. The quantitative estimate of drug-likeness (QED) is 0.534. The molecule has 0 aromatic heterocycles. The molecule has 10 heteroatoms. The van der Waals surface area contributed by atoms with Crippen LogP contribution in [0.25, 0.3) is 0 Å². The first-order valence-corrected chi connectivity index (χ1v) is 8.79. The summed E-state index contributed by atoms with van der Waals surface area (Å²) in [5.41, 5.74) is 5.25. The summed E-state index contributed by atoms with van der Waals surface area (Å²) < 4.78 is 37.5. The van der Waals surface area contributed by atoms with Gasteiger partial charge >= 0.3 is 0 Å². The van der Waals surface area contributed by atoms with Gasteiger partial charge in [0.1, 0.15) is 0 Å². The van der Waals surface area contributed by atoms with E-state index >= 15 is 0 Å². The smallest absolute Gasteiger partial charge is 0.241 e. The van der Waals surface area contributed by atoms with Gasteiger partial charge in [-0.25, -0.2) is 13.1 Å². The van der Waals surface area contributed by atoms with Crippen molar-refractivity contribution in [1.29, 1.82) is 0 Å². The van der Waals surface area contributed by atoms with Gasteiger partial charge in [-0.1, -0.05) is 0 Å². The zero-order valence-electron chi connectivity index (χ0n) is 13.7. The third-order valence-corrected chi connectivity index (χ3v) is 4.11. The van der Waals surface area contributed by atoms with E-state index in [1.54, 1.807) is 6.92 Å². The number of nitrogens with two attached hydrogens (primary N) is 1. The van der Waals surface area contributed by atoms with Crippen molar-refractivity contribution in [3.8, 4) is 11.5 Å². The first-order valence-electron chi connectivity index (χ1n) is 7.30. The maximum absolute atomic E-state index is 12.2. The van der Waals surface area contributed by atoms with E-state index < -0.39 is 15.9 Å². The highest BCUT2D eigenvalue weighted by molar-refractivity contribution is 7.89. The summed E-state index contributed by atoms with van der Waals surface area (Å²) in [6, 6.07) is 4.29. The lowest BCUT2D eigenvalue weighted by Gasteiger charge is -2.13. The van der Waals surface area contributed by atoms with Crippen molar-refractivity contribution >= 4 is 28.3 Å². The summed E-state index contributed by atoms with van der Waals surface area (Å²) in [7, 11) is -3.83. The topological polar surface area (TPSA) is 120 Å². The number of rotatable bonds is 10. The second-order valence-corrected chi connectivity index (χ2v) is 6.20. The van der Waals surface area contributed by atoms with Crippen LogP contribution in [0.4, 0.5) is 0 Å². The van der Waals surface area contributed by atoms with Crippen LogP contribution in [0.2, 0.25) is 0 Å². The van der Waals surface area contributed by atoms with E-state index in [4.69, 9.17) is 15.2 Å². The molecule has 1 aromatic carbocycles. The van der Waals surface area contributed by atoms with Gasteiger partial charge in [-0.15, -0.1) is 12.4 Å². The normalized spacial score (nSPS) is 10.6. The fourth-order valence-electron chi connectivity index (χ4n) is 1.72. The van der Waals surface area contributed by atoms with Crippen molar-refractivity contribution in [3.05, 3.63) is 18.2 Å². The average molecular weight is 382 g/mol. The molecule has 0 aliphatic heterocycles. The zero-order valence-corrected chi connectivity index (χ0v) is 15.3.